The van der Waals surface area contributed by atoms with Crippen LogP contribution in [0, 0.1) is 11.7 Å². The van der Waals surface area contributed by atoms with Crippen LogP contribution in [0.1, 0.15) is 49.0 Å². The van der Waals surface area contributed by atoms with Crippen LogP contribution in [0.4, 0.5) is 25.4 Å². The van der Waals surface area contributed by atoms with E-state index in [2.05, 4.69) is 10.6 Å². The van der Waals surface area contributed by atoms with E-state index in [9.17, 15) is 29.1 Å². The van der Waals surface area contributed by atoms with Gasteiger partial charge in [0, 0.05) is 62.5 Å². The molecule has 0 aliphatic carbocycles. The average molecular weight is 639 g/mol. The molecule has 5 N–H and O–H groups in total. The number of carboxylic acids is 1. The Morgan fingerprint density at radius 3 is 2.39 bits per heavy atom. The molecule has 1 unspecified atom stereocenters. The summed E-state index contributed by atoms with van der Waals surface area (Å²) in [6, 6.07) is 9.07. The smallest absolute Gasteiger partial charge is 0.410 e. The molecule has 1 atom stereocenters. The number of aromatic carboxylic acids is 1. The first-order chi connectivity index (χ1) is 22.0. The molecule has 1 aliphatic heterocycles. The first-order valence-electron chi connectivity index (χ1n) is 15.2. The second kappa shape index (κ2) is 15.2. The Hall–Kier alpha value is -5.14. The number of aryl methyl sites for hydroxylation is 1. The van der Waals surface area contributed by atoms with Crippen molar-refractivity contribution >= 4 is 46.3 Å². The standard InChI is InChI=1S/C32H39FN6O7/c1-3-37-18-24(30(42)43)28(40)23-16-25(33)27(17-26(23)37)38-12-14-39(15-13-38)32(45)46-19-21-7-9-22(10-8-21)36-29(41)20(2)6-4-5-11-35-31(34)44/h7-10,16-18,20H,3-6,11-15,19H2,1-2H3,(H,36,41)(H,42,43)(H3,34,35,44). The number of carbonyl (C=O) groups excluding carboxylic acids is 3. The first-order valence-corrected chi connectivity index (χ1v) is 15.2. The third-order valence-corrected chi connectivity index (χ3v) is 7.99. The quantitative estimate of drug-likeness (QED) is 0.217. The van der Waals surface area contributed by atoms with Crippen molar-refractivity contribution in [3.8, 4) is 0 Å². The fourth-order valence-corrected chi connectivity index (χ4v) is 5.29. The number of carbonyl (C=O) groups is 4. The normalized spacial score (nSPS) is 13.7. The number of piperazine rings is 1. The number of hydrogen-bond donors (Lipinski definition) is 4. The van der Waals surface area contributed by atoms with Crippen LogP contribution >= 0.6 is 0 Å². The highest BCUT2D eigenvalue weighted by molar-refractivity contribution is 5.94. The highest BCUT2D eigenvalue weighted by Gasteiger charge is 2.25. The van der Waals surface area contributed by atoms with Gasteiger partial charge < -0.3 is 40.6 Å². The van der Waals surface area contributed by atoms with Crippen molar-refractivity contribution in [2.45, 2.75) is 46.3 Å². The van der Waals surface area contributed by atoms with E-state index in [1.165, 1.54) is 11.1 Å². The van der Waals surface area contributed by atoms with E-state index in [1.807, 2.05) is 6.92 Å². The van der Waals surface area contributed by atoms with E-state index in [0.717, 1.165) is 24.5 Å². The maximum absolute atomic E-state index is 15.2. The molecule has 4 amide bonds. The molecule has 3 aromatic rings. The van der Waals surface area contributed by atoms with Crippen molar-refractivity contribution in [2.75, 3.05) is 42.9 Å². The monoisotopic (exact) mass is 638 g/mol. The Morgan fingerprint density at radius 2 is 1.76 bits per heavy atom. The summed E-state index contributed by atoms with van der Waals surface area (Å²) in [7, 11) is 0. The lowest BCUT2D eigenvalue weighted by Crippen LogP contribution is -2.49. The van der Waals surface area contributed by atoms with Crippen LogP contribution in [-0.2, 0) is 22.7 Å². The summed E-state index contributed by atoms with van der Waals surface area (Å²) in [5.41, 5.74) is 5.95. The largest absolute Gasteiger partial charge is 0.477 e. The maximum Gasteiger partial charge on any atom is 0.410 e. The highest BCUT2D eigenvalue weighted by Crippen LogP contribution is 2.26. The number of unbranched alkanes of at least 4 members (excludes halogenated alkanes) is 1. The minimum Gasteiger partial charge on any atom is -0.477 e. The SMILES string of the molecule is CCn1cc(C(=O)O)c(=O)c2cc(F)c(N3CCN(C(=O)OCc4ccc(NC(=O)C(C)CCCCNC(N)=O)cc4)CC3)cc21. The van der Waals surface area contributed by atoms with Gasteiger partial charge in [0.05, 0.1) is 11.2 Å². The van der Waals surface area contributed by atoms with E-state index in [-0.39, 0.29) is 29.5 Å². The second-order valence-electron chi connectivity index (χ2n) is 11.2. The number of carboxylic acid groups (broad SMARTS) is 1. The number of nitrogens with one attached hydrogen (secondary N) is 2. The number of aromatic nitrogens is 1. The number of ether oxygens (including phenoxy) is 1. The second-order valence-corrected chi connectivity index (χ2v) is 11.2. The highest BCUT2D eigenvalue weighted by atomic mass is 19.1. The lowest BCUT2D eigenvalue weighted by Gasteiger charge is -2.35. The molecule has 13 nitrogen and oxygen atoms in total. The Labute approximate surface area is 265 Å². The zero-order chi connectivity index (χ0) is 33.4. The number of nitrogens with zero attached hydrogens (tertiary/aromatic N) is 3. The van der Waals surface area contributed by atoms with E-state index in [0.29, 0.717) is 56.9 Å². The number of nitrogens with two attached hydrogens (primary N) is 1. The van der Waals surface area contributed by atoms with Gasteiger partial charge in [-0.15, -0.1) is 0 Å². The minimum atomic E-state index is -1.37. The molecule has 1 fully saturated rings. The zero-order valence-electron chi connectivity index (χ0n) is 25.9. The van der Waals surface area contributed by atoms with Gasteiger partial charge in [-0.25, -0.2) is 18.8 Å². The molecule has 246 valence electrons. The number of benzene rings is 2. The molecule has 2 aromatic carbocycles. The summed E-state index contributed by atoms with van der Waals surface area (Å²) in [5.74, 6) is -2.34. The molecule has 1 saturated heterocycles. The molecule has 4 rings (SSSR count). The minimum absolute atomic E-state index is 0.00155. The predicted octanol–water partition coefficient (Wildman–Crippen LogP) is 3.73. The summed E-state index contributed by atoms with van der Waals surface area (Å²) in [5, 5.41) is 14.8. The van der Waals surface area contributed by atoms with Crippen LogP contribution in [0.15, 0.2) is 47.4 Å². The van der Waals surface area contributed by atoms with Gasteiger partial charge in [-0.2, -0.15) is 0 Å². The molecule has 1 aromatic heterocycles. The summed E-state index contributed by atoms with van der Waals surface area (Å²) in [6.07, 6.45) is 2.94. The van der Waals surface area contributed by atoms with Crippen molar-refractivity contribution in [3.05, 3.63) is 69.8 Å². The van der Waals surface area contributed by atoms with Gasteiger partial charge in [0.1, 0.15) is 18.0 Å². The van der Waals surface area contributed by atoms with Gasteiger partial charge in [-0.3, -0.25) is 9.59 Å². The van der Waals surface area contributed by atoms with Gasteiger partial charge >= 0.3 is 18.1 Å². The fourth-order valence-electron chi connectivity index (χ4n) is 5.29. The molecule has 0 radical (unpaired) electrons. The van der Waals surface area contributed by atoms with Crippen LogP contribution in [0.3, 0.4) is 0 Å². The number of urea groups is 1. The van der Waals surface area contributed by atoms with Crippen LogP contribution in [0.5, 0.6) is 0 Å². The van der Waals surface area contributed by atoms with Gasteiger partial charge in [-0.05, 0) is 49.6 Å². The molecule has 0 spiro atoms. The number of amides is 4. The zero-order valence-corrected chi connectivity index (χ0v) is 25.9. The van der Waals surface area contributed by atoms with Crippen LogP contribution in [-0.4, -0.2) is 71.3 Å². The predicted molar refractivity (Wildman–Crippen MR) is 170 cm³/mol. The number of pyridine rings is 1. The molecule has 0 saturated carbocycles. The summed E-state index contributed by atoms with van der Waals surface area (Å²) in [4.78, 5) is 63.4. The fraction of sp³-hybridized carbons (Fsp3) is 0.406. The Morgan fingerprint density at radius 1 is 1.07 bits per heavy atom. The maximum atomic E-state index is 15.2. The lowest BCUT2D eigenvalue weighted by molar-refractivity contribution is -0.119. The van der Waals surface area contributed by atoms with Crippen molar-refractivity contribution < 1.29 is 33.4 Å². The lowest BCUT2D eigenvalue weighted by atomic mass is 10.0. The average Bonchev–Trinajstić information content (AvgIpc) is 3.04. The molecule has 14 heteroatoms. The van der Waals surface area contributed by atoms with Gasteiger partial charge in [0.2, 0.25) is 11.3 Å². The molecular formula is C32H39FN6O7. The van der Waals surface area contributed by atoms with Crippen molar-refractivity contribution in [1.82, 2.24) is 14.8 Å². The van der Waals surface area contributed by atoms with E-state index < -0.39 is 34.9 Å². The summed E-state index contributed by atoms with van der Waals surface area (Å²) < 4.78 is 22.3. The van der Waals surface area contributed by atoms with E-state index >= 15 is 4.39 Å². The van der Waals surface area contributed by atoms with Gasteiger partial charge in [0.25, 0.3) is 0 Å². The molecule has 2 heterocycles. The number of hydrogen-bond acceptors (Lipinski definition) is 7. The van der Waals surface area contributed by atoms with Crippen molar-refractivity contribution in [1.29, 1.82) is 0 Å². The van der Waals surface area contributed by atoms with Gasteiger partial charge in [-0.1, -0.05) is 25.5 Å². The van der Waals surface area contributed by atoms with Crippen LogP contribution < -0.4 is 26.7 Å². The van der Waals surface area contributed by atoms with Crippen molar-refractivity contribution in [2.24, 2.45) is 11.7 Å². The molecule has 1 aliphatic rings. The topological polar surface area (TPSA) is 176 Å². The number of rotatable bonds is 12. The van der Waals surface area contributed by atoms with Crippen LogP contribution in [0.2, 0.25) is 0 Å². The summed E-state index contributed by atoms with van der Waals surface area (Å²) >= 11 is 0. The van der Waals surface area contributed by atoms with E-state index in [4.69, 9.17) is 10.5 Å². The number of anilines is 2. The Bertz CT molecular complexity index is 1650. The van der Waals surface area contributed by atoms with E-state index in [1.54, 1.807) is 46.7 Å². The first kappa shape index (κ1) is 33.7. The molecule has 0 bridgehead atoms. The molecular weight excluding hydrogens is 599 g/mol. The third-order valence-electron chi connectivity index (χ3n) is 7.99. The third kappa shape index (κ3) is 8.31. The number of halogens is 1. The summed E-state index contributed by atoms with van der Waals surface area (Å²) in [6.45, 7) is 5.78. The number of fused-ring (bicyclic) bond motifs is 1. The molecule has 46 heavy (non-hydrogen) atoms. The van der Waals surface area contributed by atoms with Crippen LogP contribution in [0.25, 0.3) is 10.9 Å². The number of primary amides is 1. The van der Waals surface area contributed by atoms with Gasteiger partial charge in [0.15, 0.2) is 0 Å². The van der Waals surface area contributed by atoms with Crippen molar-refractivity contribution in [3.63, 3.8) is 0 Å². The Balaban J connectivity index is 1.26. The Kier molecular flexibility index (Phi) is 11.2.